The number of hydrogen-bond acceptors (Lipinski definition) is 8. The molecule has 1 saturated heterocycles. The van der Waals surface area contributed by atoms with Gasteiger partial charge < -0.3 is 40.3 Å². The summed E-state index contributed by atoms with van der Waals surface area (Å²) >= 11 is 0. The SMILES string of the molecule is CC/C=C\C/C=C\C/C=C\C/C=C\C/C=C\C/C=C\C/C=C\C/C=C\CCCCCCCCC(=O)NC(COC1OC(CO)C(O)C(O)C1O)C(O)/C=C/CCCCCCCCCCCCCC. The maximum Gasteiger partial charge on any atom is 0.220 e. The third-order valence-corrected chi connectivity index (χ3v) is 12.1. The van der Waals surface area contributed by atoms with Crippen LogP contribution in [0.5, 0.6) is 0 Å². The zero-order valence-electron chi connectivity index (χ0n) is 42.8. The molecule has 0 bridgehead atoms. The summed E-state index contributed by atoms with van der Waals surface area (Å²) in [6.07, 6.45) is 62.8. The molecule has 0 aliphatic carbocycles. The predicted molar refractivity (Wildman–Crippen MR) is 285 cm³/mol. The quantitative estimate of drug-likeness (QED) is 0.0261. The highest BCUT2D eigenvalue weighted by molar-refractivity contribution is 5.76. The molecule has 0 radical (unpaired) electrons. The summed E-state index contributed by atoms with van der Waals surface area (Å²) in [5, 5.41) is 54.4. The molecule has 6 N–H and O–H groups in total. The highest BCUT2D eigenvalue weighted by atomic mass is 16.7. The first kappa shape index (κ1) is 62.9. The summed E-state index contributed by atoms with van der Waals surface area (Å²) in [4.78, 5) is 13.0. The van der Waals surface area contributed by atoms with E-state index in [0.717, 1.165) is 116 Å². The van der Waals surface area contributed by atoms with Gasteiger partial charge in [0.25, 0.3) is 0 Å². The third kappa shape index (κ3) is 36.8. The molecule has 1 aliphatic rings. The van der Waals surface area contributed by atoms with Crippen LogP contribution < -0.4 is 5.32 Å². The van der Waals surface area contributed by atoms with E-state index in [1.807, 2.05) is 6.08 Å². The molecule has 9 nitrogen and oxygen atoms in total. The molecule has 0 saturated carbocycles. The van der Waals surface area contributed by atoms with Gasteiger partial charge in [0.2, 0.25) is 5.91 Å². The van der Waals surface area contributed by atoms with Crippen LogP contribution in [0.1, 0.15) is 200 Å². The lowest BCUT2D eigenvalue weighted by molar-refractivity contribution is -0.302. The lowest BCUT2D eigenvalue weighted by atomic mass is 9.99. The van der Waals surface area contributed by atoms with Crippen LogP contribution >= 0.6 is 0 Å². The van der Waals surface area contributed by atoms with Gasteiger partial charge >= 0.3 is 0 Å². The van der Waals surface area contributed by atoms with E-state index in [9.17, 15) is 30.3 Å². The Bertz CT molecular complexity index is 1430. The number of ether oxygens (including phenoxy) is 2. The second kappa shape index (κ2) is 47.5. The molecule has 0 spiro atoms. The van der Waals surface area contributed by atoms with Crippen LogP contribution in [0, 0.1) is 0 Å². The van der Waals surface area contributed by atoms with E-state index in [1.165, 1.54) is 64.2 Å². The Morgan fingerprint density at radius 1 is 0.515 bits per heavy atom. The number of amides is 1. The van der Waals surface area contributed by atoms with Crippen molar-refractivity contribution < 1.29 is 39.8 Å². The second-order valence-electron chi connectivity index (χ2n) is 18.3. The van der Waals surface area contributed by atoms with E-state index < -0.39 is 49.5 Å². The number of rotatable bonds is 44. The minimum Gasteiger partial charge on any atom is -0.394 e. The van der Waals surface area contributed by atoms with Gasteiger partial charge in [-0.15, -0.1) is 0 Å². The Labute approximate surface area is 415 Å². The fourth-order valence-electron chi connectivity index (χ4n) is 7.82. The summed E-state index contributed by atoms with van der Waals surface area (Å²) in [5.41, 5.74) is 0. The van der Waals surface area contributed by atoms with Crippen LogP contribution in [0.4, 0.5) is 0 Å². The van der Waals surface area contributed by atoms with Gasteiger partial charge in [0.1, 0.15) is 24.4 Å². The second-order valence-corrected chi connectivity index (χ2v) is 18.3. The van der Waals surface area contributed by atoms with Crippen LogP contribution in [0.3, 0.4) is 0 Å². The van der Waals surface area contributed by atoms with Crippen molar-refractivity contribution in [2.45, 2.75) is 243 Å². The number of carbonyl (C=O) groups is 1. The zero-order chi connectivity index (χ0) is 49.4. The van der Waals surface area contributed by atoms with Crippen molar-refractivity contribution in [1.29, 1.82) is 0 Å². The maximum absolute atomic E-state index is 13.0. The van der Waals surface area contributed by atoms with Crippen LogP contribution in [0.25, 0.3) is 0 Å². The first-order chi connectivity index (χ1) is 33.3. The standard InChI is InChI=1S/C59H99NO8/c1-3-5-7-9-11-13-15-17-19-20-21-22-23-24-25-26-27-28-29-30-31-32-33-34-35-37-39-41-43-45-47-49-55(63)60-52(51-67-59-58(66)57(65)56(64)54(50-61)68-59)53(62)48-46-44-42-40-38-36-18-16-14-12-10-8-6-4-2/h5,7,11,13,17,19,21-22,24-25,27-28,30-31,33-34,46,48,52-54,56-59,61-62,64-66H,3-4,6,8-10,12,14-16,18,20,23,26,29,32,35-45,47,49-51H2,1-2H3,(H,60,63)/b7-5-,13-11-,19-17-,22-21-,25-24-,28-27-,31-30-,34-33-,48-46+. The fourth-order valence-corrected chi connectivity index (χ4v) is 7.82. The van der Waals surface area contributed by atoms with Gasteiger partial charge in [-0.1, -0.05) is 220 Å². The van der Waals surface area contributed by atoms with Gasteiger partial charge in [0.15, 0.2) is 6.29 Å². The highest BCUT2D eigenvalue weighted by Gasteiger charge is 2.44. The molecular formula is C59H99NO8. The minimum atomic E-state index is -1.58. The number of unbranched alkanes of at least 4 members (excludes halogenated alkanes) is 18. The molecule has 9 heteroatoms. The summed E-state index contributed by atoms with van der Waals surface area (Å²) in [7, 11) is 0. The Kier molecular flexibility index (Phi) is 43.9. The topological polar surface area (TPSA) is 149 Å². The average Bonchev–Trinajstić information content (AvgIpc) is 3.34. The van der Waals surface area contributed by atoms with Crippen molar-refractivity contribution in [2.24, 2.45) is 0 Å². The molecule has 68 heavy (non-hydrogen) atoms. The number of hydrogen-bond donors (Lipinski definition) is 6. The molecule has 7 atom stereocenters. The maximum atomic E-state index is 13.0. The molecule has 0 aromatic carbocycles. The van der Waals surface area contributed by atoms with Crippen molar-refractivity contribution in [3.05, 3.63) is 109 Å². The number of aliphatic hydroxyl groups excluding tert-OH is 5. The molecule has 7 unspecified atom stereocenters. The largest absolute Gasteiger partial charge is 0.394 e. The normalized spacial score (nSPS) is 20.5. The zero-order valence-corrected chi connectivity index (χ0v) is 42.8. The number of aliphatic hydroxyl groups is 5. The molecule has 1 amide bonds. The Balaban J connectivity index is 2.25. The lowest BCUT2D eigenvalue weighted by Crippen LogP contribution is -2.60. The summed E-state index contributed by atoms with van der Waals surface area (Å²) < 4.78 is 11.2. The molecule has 1 fully saturated rings. The van der Waals surface area contributed by atoms with Gasteiger partial charge in [0, 0.05) is 6.42 Å². The Hall–Kier alpha value is -3.15. The monoisotopic (exact) mass is 950 g/mol. The van der Waals surface area contributed by atoms with Gasteiger partial charge in [0.05, 0.1) is 25.4 Å². The van der Waals surface area contributed by atoms with Crippen LogP contribution in [0.15, 0.2) is 109 Å². The Morgan fingerprint density at radius 3 is 1.35 bits per heavy atom. The van der Waals surface area contributed by atoms with Crippen molar-refractivity contribution in [3.63, 3.8) is 0 Å². The van der Waals surface area contributed by atoms with Crippen LogP contribution in [-0.2, 0) is 14.3 Å². The van der Waals surface area contributed by atoms with E-state index in [0.29, 0.717) is 6.42 Å². The lowest BCUT2D eigenvalue weighted by Gasteiger charge is -2.40. The Morgan fingerprint density at radius 2 is 0.912 bits per heavy atom. The van der Waals surface area contributed by atoms with E-state index in [-0.39, 0.29) is 12.5 Å². The van der Waals surface area contributed by atoms with Gasteiger partial charge in [-0.05, 0) is 83.5 Å². The summed E-state index contributed by atoms with van der Waals surface area (Å²) in [6.45, 7) is 3.64. The molecule has 0 aromatic heterocycles. The third-order valence-electron chi connectivity index (χ3n) is 12.1. The fraction of sp³-hybridized carbons (Fsp3) is 0.678. The van der Waals surface area contributed by atoms with Gasteiger partial charge in [-0.25, -0.2) is 0 Å². The number of carbonyl (C=O) groups excluding carboxylic acids is 1. The van der Waals surface area contributed by atoms with Gasteiger partial charge in [-0.3, -0.25) is 4.79 Å². The summed E-state index contributed by atoms with van der Waals surface area (Å²) in [6, 6.07) is -0.820. The van der Waals surface area contributed by atoms with Crippen molar-refractivity contribution >= 4 is 5.91 Å². The average molecular weight is 950 g/mol. The van der Waals surface area contributed by atoms with E-state index >= 15 is 0 Å². The molecular weight excluding hydrogens is 851 g/mol. The van der Waals surface area contributed by atoms with Crippen molar-refractivity contribution in [2.75, 3.05) is 13.2 Å². The van der Waals surface area contributed by atoms with Crippen molar-refractivity contribution in [1.82, 2.24) is 5.32 Å². The van der Waals surface area contributed by atoms with Crippen molar-refractivity contribution in [3.8, 4) is 0 Å². The van der Waals surface area contributed by atoms with Crippen LogP contribution in [0.2, 0.25) is 0 Å². The van der Waals surface area contributed by atoms with Gasteiger partial charge in [-0.2, -0.15) is 0 Å². The minimum absolute atomic E-state index is 0.197. The molecule has 0 aromatic rings. The number of allylic oxidation sites excluding steroid dienone is 17. The first-order valence-electron chi connectivity index (χ1n) is 27.1. The summed E-state index contributed by atoms with van der Waals surface area (Å²) in [5.74, 6) is -0.197. The molecule has 1 aliphatic heterocycles. The van der Waals surface area contributed by atoms with E-state index in [4.69, 9.17) is 9.47 Å². The van der Waals surface area contributed by atoms with E-state index in [2.05, 4.69) is 116 Å². The van der Waals surface area contributed by atoms with E-state index in [1.54, 1.807) is 6.08 Å². The smallest absolute Gasteiger partial charge is 0.220 e. The highest BCUT2D eigenvalue weighted by Crippen LogP contribution is 2.22. The molecule has 1 rings (SSSR count). The van der Waals surface area contributed by atoms with Crippen LogP contribution in [-0.4, -0.2) is 87.5 Å². The number of nitrogens with one attached hydrogen (secondary N) is 1. The first-order valence-corrected chi connectivity index (χ1v) is 27.1. The molecule has 388 valence electrons. The predicted octanol–water partition coefficient (Wildman–Crippen LogP) is 13.0. The molecule has 1 heterocycles.